The largest absolute Gasteiger partial charge is 0.321 e. The van der Waals surface area contributed by atoms with Gasteiger partial charge >= 0.3 is 0 Å². The number of halogens is 1. The lowest BCUT2D eigenvalue weighted by Gasteiger charge is -2.41. The van der Waals surface area contributed by atoms with Crippen molar-refractivity contribution in [3.8, 4) is 10.6 Å². The zero-order valence-corrected chi connectivity index (χ0v) is 22.5. The molecule has 0 spiro atoms. The van der Waals surface area contributed by atoms with Crippen LogP contribution in [0.4, 0.5) is 10.1 Å². The first kappa shape index (κ1) is 25.7. The van der Waals surface area contributed by atoms with E-state index in [0.717, 1.165) is 25.7 Å². The van der Waals surface area contributed by atoms with Crippen LogP contribution in [0.1, 0.15) is 49.5 Å². The summed E-state index contributed by atoms with van der Waals surface area (Å²) in [5.74, 6) is -1.68. The van der Waals surface area contributed by atoms with Crippen molar-refractivity contribution in [3.05, 3.63) is 83.7 Å². The van der Waals surface area contributed by atoms with Crippen LogP contribution in [0.3, 0.4) is 0 Å². The lowest BCUT2D eigenvalue weighted by molar-refractivity contribution is -0.123. The predicted molar refractivity (Wildman–Crippen MR) is 148 cm³/mol. The second kappa shape index (κ2) is 9.76. The zero-order valence-electron chi connectivity index (χ0n) is 21.7. The summed E-state index contributed by atoms with van der Waals surface area (Å²) in [6.45, 7) is 7.69. The van der Waals surface area contributed by atoms with Crippen molar-refractivity contribution >= 4 is 45.0 Å². The third kappa shape index (κ3) is 4.60. The summed E-state index contributed by atoms with van der Waals surface area (Å²) in [5.41, 5.74) is 2.99. The highest BCUT2D eigenvalue weighted by atomic mass is 32.1. The Balaban J connectivity index is 1.43. The van der Waals surface area contributed by atoms with Gasteiger partial charge in [-0.15, -0.1) is 11.3 Å². The number of hydrogen-bond donors (Lipinski definition) is 0. The van der Waals surface area contributed by atoms with Crippen molar-refractivity contribution in [3.63, 3.8) is 0 Å². The summed E-state index contributed by atoms with van der Waals surface area (Å²) in [6.07, 6.45) is 0.447. The Morgan fingerprint density at radius 3 is 2.42 bits per heavy atom. The maximum atomic E-state index is 13.7. The number of amides is 3. The van der Waals surface area contributed by atoms with E-state index >= 15 is 0 Å². The molecule has 3 amide bonds. The van der Waals surface area contributed by atoms with Gasteiger partial charge in [0, 0.05) is 16.7 Å². The Hall–Kier alpha value is -3.91. The van der Waals surface area contributed by atoms with Gasteiger partial charge in [0.2, 0.25) is 5.91 Å². The molecule has 194 valence electrons. The summed E-state index contributed by atoms with van der Waals surface area (Å²) in [6, 6.07) is 17.6. The minimum absolute atomic E-state index is 0.117. The summed E-state index contributed by atoms with van der Waals surface area (Å²) in [5, 5.41) is 0.856. The van der Waals surface area contributed by atoms with Gasteiger partial charge in [-0.25, -0.2) is 14.3 Å². The monoisotopic (exact) mass is 529 g/mol. The van der Waals surface area contributed by atoms with E-state index < -0.39 is 29.2 Å². The number of aryl methyl sites for hydroxylation is 1. The molecule has 0 N–H and O–H groups in total. The molecule has 8 heteroatoms. The van der Waals surface area contributed by atoms with Crippen molar-refractivity contribution in [2.75, 3.05) is 4.90 Å². The Morgan fingerprint density at radius 2 is 1.76 bits per heavy atom. The molecule has 5 rings (SSSR count). The van der Waals surface area contributed by atoms with Gasteiger partial charge in [-0.3, -0.25) is 14.4 Å². The molecule has 6 nitrogen and oxygen atoms in total. The lowest BCUT2D eigenvalue weighted by Crippen LogP contribution is -2.55. The van der Waals surface area contributed by atoms with Gasteiger partial charge in [0.15, 0.2) is 0 Å². The van der Waals surface area contributed by atoms with Crippen LogP contribution in [0, 0.1) is 12.7 Å². The number of fused-ring (bicyclic) bond motifs is 1. The van der Waals surface area contributed by atoms with Crippen molar-refractivity contribution in [1.29, 1.82) is 0 Å². The number of rotatable bonds is 6. The van der Waals surface area contributed by atoms with Crippen molar-refractivity contribution < 1.29 is 18.8 Å². The maximum Gasteiger partial charge on any atom is 0.257 e. The van der Waals surface area contributed by atoms with Crippen LogP contribution in [0.15, 0.2) is 66.7 Å². The lowest BCUT2D eigenvalue weighted by atomic mass is 9.94. The Morgan fingerprint density at radius 1 is 1.08 bits per heavy atom. The number of benzene rings is 3. The molecule has 38 heavy (non-hydrogen) atoms. The highest BCUT2D eigenvalue weighted by molar-refractivity contribution is 7.21. The van der Waals surface area contributed by atoms with Gasteiger partial charge in [-0.05, 0) is 93.4 Å². The summed E-state index contributed by atoms with van der Waals surface area (Å²) in [7, 11) is 0. The SMILES string of the molecule is CCC(C)(C)N(C(=O)c1ccc(F)cc1)C1CC(=O)N(c2ccc(-c3nc4ccc(C)cc4s3)cc2)C1=O. The number of anilines is 1. The van der Waals surface area contributed by atoms with E-state index in [1.165, 1.54) is 34.7 Å². The minimum Gasteiger partial charge on any atom is -0.321 e. The van der Waals surface area contributed by atoms with Gasteiger partial charge in [-0.1, -0.05) is 13.0 Å². The third-order valence-corrected chi connectivity index (χ3v) is 8.25. The molecule has 0 aliphatic carbocycles. The van der Waals surface area contributed by atoms with Gasteiger partial charge in [-0.2, -0.15) is 0 Å². The molecule has 1 aromatic heterocycles. The van der Waals surface area contributed by atoms with Gasteiger partial charge in [0.1, 0.15) is 16.9 Å². The Kier molecular flexibility index (Phi) is 6.61. The molecule has 1 saturated heterocycles. The first-order chi connectivity index (χ1) is 18.1. The number of nitrogens with zero attached hydrogens (tertiary/aromatic N) is 3. The van der Waals surface area contributed by atoms with Crippen LogP contribution in [-0.4, -0.2) is 39.2 Å². The summed E-state index contributed by atoms with van der Waals surface area (Å²) in [4.78, 5) is 47.7. The second-order valence-electron chi connectivity index (χ2n) is 10.2. The topological polar surface area (TPSA) is 70.6 Å². The normalized spacial score (nSPS) is 15.9. The predicted octanol–water partition coefficient (Wildman–Crippen LogP) is 6.37. The molecular formula is C30H28FN3O3S. The van der Waals surface area contributed by atoms with E-state index in [9.17, 15) is 18.8 Å². The second-order valence-corrected chi connectivity index (χ2v) is 11.2. The van der Waals surface area contributed by atoms with E-state index in [0.29, 0.717) is 12.1 Å². The molecule has 1 unspecified atom stereocenters. The number of imide groups is 1. The quantitative estimate of drug-likeness (QED) is 0.272. The fourth-order valence-electron chi connectivity index (χ4n) is 4.74. The van der Waals surface area contributed by atoms with Crippen LogP contribution in [0.2, 0.25) is 0 Å². The van der Waals surface area contributed by atoms with E-state index in [2.05, 4.69) is 6.07 Å². The average molecular weight is 530 g/mol. The molecule has 0 bridgehead atoms. The number of carbonyl (C=O) groups is 3. The fraction of sp³-hybridized carbons (Fsp3) is 0.267. The maximum absolute atomic E-state index is 13.7. The molecule has 0 radical (unpaired) electrons. The zero-order chi connectivity index (χ0) is 27.2. The molecule has 1 aliphatic heterocycles. The molecule has 1 atom stereocenters. The molecule has 3 aromatic carbocycles. The third-order valence-electron chi connectivity index (χ3n) is 7.18. The van der Waals surface area contributed by atoms with Crippen LogP contribution < -0.4 is 4.90 Å². The highest BCUT2D eigenvalue weighted by Crippen LogP contribution is 2.35. The van der Waals surface area contributed by atoms with Crippen molar-refractivity contribution in [2.45, 2.75) is 52.1 Å². The summed E-state index contributed by atoms with van der Waals surface area (Å²) < 4.78 is 14.6. The molecule has 2 heterocycles. The van der Waals surface area contributed by atoms with Crippen molar-refractivity contribution in [2.24, 2.45) is 0 Å². The minimum atomic E-state index is -0.956. The van der Waals surface area contributed by atoms with E-state index in [1.807, 2.05) is 52.0 Å². The Bertz CT molecular complexity index is 1540. The molecule has 1 aliphatic rings. The fourth-order valence-corrected chi connectivity index (χ4v) is 5.81. The smallest absolute Gasteiger partial charge is 0.257 e. The Labute approximate surface area is 224 Å². The van der Waals surface area contributed by atoms with Gasteiger partial charge in [0.05, 0.1) is 22.3 Å². The molecule has 1 fully saturated rings. The standard InChI is InChI=1S/C30H28FN3O3S/c1-5-30(3,4)34(28(36)20-7-11-21(31)12-8-20)24-17-26(35)33(29(24)37)22-13-9-19(10-14-22)27-32-23-15-6-18(2)16-25(23)38-27/h6-16,24H,5,17H2,1-4H3. The number of carbonyl (C=O) groups excluding carboxylic acids is 3. The first-order valence-corrected chi connectivity index (χ1v) is 13.3. The summed E-state index contributed by atoms with van der Waals surface area (Å²) >= 11 is 1.59. The van der Waals surface area contributed by atoms with Gasteiger partial charge in [0.25, 0.3) is 11.8 Å². The first-order valence-electron chi connectivity index (χ1n) is 12.5. The van der Waals surface area contributed by atoms with Crippen molar-refractivity contribution in [1.82, 2.24) is 9.88 Å². The number of aromatic nitrogens is 1. The van der Waals surface area contributed by atoms with E-state index in [4.69, 9.17) is 4.98 Å². The average Bonchev–Trinajstić information content (AvgIpc) is 3.44. The highest BCUT2D eigenvalue weighted by Gasteiger charge is 2.48. The van der Waals surface area contributed by atoms with Crippen LogP contribution >= 0.6 is 11.3 Å². The van der Waals surface area contributed by atoms with Crippen LogP contribution in [0.5, 0.6) is 0 Å². The van der Waals surface area contributed by atoms with Gasteiger partial charge < -0.3 is 4.90 Å². The molecular weight excluding hydrogens is 501 g/mol. The number of hydrogen-bond acceptors (Lipinski definition) is 5. The molecule has 4 aromatic rings. The van der Waals surface area contributed by atoms with E-state index in [-0.39, 0.29) is 17.9 Å². The van der Waals surface area contributed by atoms with Crippen LogP contribution in [0.25, 0.3) is 20.8 Å². The van der Waals surface area contributed by atoms with E-state index in [1.54, 1.807) is 23.5 Å². The molecule has 0 saturated carbocycles. The number of thiazole rings is 1. The van der Waals surface area contributed by atoms with Crippen LogP contribution in [-0.2, 0) is 9.59 Å².